The number of unbranched alkanes of at least 4 members (excludes halogenated alkanes) is 23. The molecule has 80 heavy (non-hydrogen) atoms. The molecule has 0 N–H and O–H groups in total. The van der Waals surface area contributed by atoms with Crippen LogP contribution in [0.2, 0.25) is 0 Å². The fourth-order valence-electron chi connectivity index (χ4n) is 8.73. The summed E-state index contributed by atoms with van der Waals surface area (Å²) < 4.78 is 16.9. The molecule has 0 saturated carbocycles. The molecular weight excluding hydrogens is 985 g/mol. The lowest BCUT2D eigenvalue weighted by Gasteiger charge is -2.18. The number of allylic oxidation sites excluding steroid dienone is 24. The van der Waals surface area contributed by atoms with Gasteiger partial charge in [0.05, 0.1) is 0 Å². The average molecular weight is 1110 g/mol. The van der Waals surface area contributed by atoms with E-state index in [4.69, 9.17) is 14.2 Å². The van der Waals surface area contributed by atoms with Gasteiger partial charge in [-0.05, 0) is 128 Å². The highest BCUT2D eigenvalue weighted by atomic mass is 16.6. The van der Waals surface area contributed by atoms with Crippen molar-refractivity contribution in [3.05, 3.63) is 146 Å². The van der Waals surface area contributed by atoms with Gasteiger partial charge in [0.25, 0.3) is 0 Å². The molecule has 0 aromatic heterocycles. The number of ether oxygens (including phenoxy) is 3. The minimum atomic E-state index is -0.831. The second kappa shape index (κ2) is 66.8. The minimum absolute atomic E-state index is 0.117. The van der Waals surface area contributed by atoms with Crippen molar-refractivity contribution in [1.82, 2.24) is 0 Å². The first-order chi connectivity index (χ1) is 39.5. The van der Waals surface area contributed by atoms with Crippen LogP contribution >= 0.6 is 0 Å². The third-order valence-corrected chi connectivity index (χ3v) is 13.6. The van der Waals surface area contributed by atoms with Crippen molar-refractivity contribution in [1.29, 1.82) is 0 Å². The van der Waals surface area contributed by atoms with Crippen molar-refractivity contribution in [3.8, 4) is 0 Å². The Balaban J connectivity index is 4.44. The first-order valence-corrected chi connectivity index (χ1v) is 32.8. The summed E-state index contributed by atoms with van der Waals surface area (Å²) in [6.07, 6.45) is 95.8. The lowest BCUT2D eigenvalue weighted by Crippen LogP contribution is -2.30. The Morgan fingerprint density at radius 1 is 0.263 bits per heavy atom. The van der Waals surface area contributed by atoms with Crippen molar-refractivity contribution in [2.45, 2.75) is 290 Å². The maximum atomic E-state index is 12.9. The Hall–Kier alpha value is -4.71. The molecule has 452 valence electrons. The summed E-state index contributed by atoms with van der Waals surface area (Å²) in [6, 6.07) is 0. The van der Waals surface area contributed by atoms with E-state index in [-0.39, 0.29) is 31.6 Å². The molecule has 1 atom stereocenters. The van der Waals surface area contributed by atoms with Crippen molar-refractivity contribution < 1.29 is 28.6 Å². The standard InChI is InChI=1S/C74H120O6/c1-4-7-10-13-16-19-22-25-28-31-33-34-35-36-37-38-39-40-42-43-46-49-52-55-58-61-64-67-73(76)79-70-71(69-78-72(75)66-63-60-57-54-51-48-45-30-27-24-21-18-15-12-9-6-3)80-74(77)68-65-62-59-56-53-50-47-44-41-32-29-26-23-20-17-14-11-8-5-2/h7-8,10-11,16-17,19-21,24-26,28-30,33-34,41,44-45,50,53,59,62,71H,4-6,9,12-15,18,22-23,27,31-32,35-40,42-43,46-49,51-52,54-58,60-61,63-70H2,1-3H3/b10-7-,11-8-,19-16-,20-17-,24-21-,28-25-,29-26-,34-33-,44-41-,45-30-,53-50-,62-59-. The van der Waals surface area contributed by atoms with Gasteiger partial charge in [-0.15, -0.1) is 0 Å². The van der Waals surface area contributed by atoms with Crippen molar-refractivity contribution in [2.24, 2.45) is 0 Å². The van der Waals surface area contributed by atoms with Crippen LogP contribution in [-0.4, -0.2) is 37.2 Å². The fourth-order valence-corrected chi connectivity index (χ4v) is 8.73. The molecule has 0 aliphatic rings. The Labute approximate surface area is 493 Å². The average Bonchev–Trinajstić information content (AvgIpc) is 3.46. The van der Waals surface area contributed by atoms with E-state index in [1.807, 2.05) is 6.08 Å². The van der Waals surface area contributed by atoms with E-state index in [9.17, 15) is 14.4 Å². The molecule has 0 aromatic carbocycles. The van der Waals surface area contributed by atoms with Gasteiger partial charge >= 0.3 is 17.9 Å². The third kappa shape index (κ3) is 64.1. The van der Waals surface area contributed by atoms with Crippen LogP contribution in [0.5, 0.6) is 0 Å². The lowest BCUT2D eigenvalue weighted by atomic mass is 10.0. The highest BCUT2D eigenvalue weighted by molar-refractivity contribution is 5.71. The van der Waals surface area contributed by atoms with Gasteiger partial charge in [-0.1, -0.05) is 282 Å². The summed E-state index contributed by atoms with van der Waals surface area (Å²) >= 11 is 0. The number of esters is 3. The summed E-state index contributed by atoms with van der Waals surface area (Å²) in [6.45, 7) is 6.33. The molecule has 0 aliphatic carbocycles. The second-order valence-electron chi connectivity index (χ2n) is 21.3. The Morgan fingerprint density at radius 3 is 0.812 bits per heavy atom. The van der Waals surface area contributed by atoms with E-state index < -0.39 is 12.1 Å². The van der Waals surface area contributed by atoms with E-state index in [2.05, 4.69) is 161 Å². The fraction of sp³-hybridized carbons (Fsp3) is 0.635. The first-order valence-electron chi connectivity index (χ1n) is 32.8. The molecule has 0 saturated heterocycles. The molecule has 6 heteroatoms. The largest absolute Gasteiger partial charge is 0.462 e. The molecule has 0 aromatic rings. The quantitative estimate of drug-likeness (QED) is 0.0261. The van der Waals surface area contributed by atoms with Crippen molar-refractivity contribution in [3.63, 3.8) is 0 Å². The zero-order valence-electron chi connectivity index (χ0n) is 51.8. The molecule has 0 bridgehead atoms. The molecule has 0 aliphatic heterocycles. The zero-order chi connectivity index (χ0) is 57.8. The summed E-state index contributed by atoms with van der Waals surface area (Å²) in [4.78, 5) is 38.3. The summed E-state index contributed by atoms with van der Waals surface area (Å²) in [7, 11) is 0. The predicted molar refractivity (Wildman–Crippen MR) is 348 cm³/mol. The molecule has 1 unspecified atom stereocenters. The zero-order valence-corrected chi connectivity index (χ0v) is 51.8. The van der Waals surface area contributed by atoms with E-state index in [1.54, 1.807) is 0 Å². The van der Waals surface area contributed by atoms with Crippen LogP contribution in [-0.2, 0) is 28.6 Å². The summed E-state index contributed by atoms with van der Waals surface area (Å²) in [5.74, 6) is -1.01. The van der Waals surface area contributed by atoms with E-state index >= 15 is 0 Å². The van der Waals surface area contributed by atoms with Crippen LogP contribution in [0, 0.1) is 0 Å². The third-order valence-electron chi connectivity index (χ3n) is 13.6. The molecule has 0 heterocycles. The maximum absolute atomic E-state index is 12.9. The predicted octanol–water partition coefficient (Wildman–Crippen LogP) is 22.7. The van der Waals surface area contributed by atoms with Gasteiger partial charge in [0.1, 0.15) is 13.2 Å². The Kier molecular flexibility index (Phi) is 62.9. The minimum Gasteiger partial charge on any atom is -0.462 e. The monoisotopic (exact) mass is 1100 g/mol. The van der Waals surface area contributed by atoms with Gasteiger partial charge in [-0.3, -0.25) is 14.4 Å². The molecule has 0 fully saturated rings. The molecule has 0 spiro atoms. The first kappa shape index (κ1) is 75.3. The van der Waals surface area contributed by atoms with Gasteiger partial charge in [0.15, 0.2) is 6.10 Å². The molecular formula is C74H120O6. The molecule has 0 amide bonds. The number of hydrogen-bond donors (Lipinski definition) is 0. The molecule has 6 nitrogen and oxygen atoms in total. The van der Waals surface area contributed by atoms with Gasteiger partial charge in [-0.25, -0.2) is 0 Å². The van der Waals surface area contributed by atoms with E-state index in [1.165, 1.54) is 109 Å². The summed E-state index contributed by atoms with van der Waals surface area (Å²) in [5.41, 5.74) is 0. The second-order valence-corrected chi connectivity index (χ2v) is 21.3. The van der Waals surface area contributed by atoms with Gasteiger partial charge in [0, 0.05) is 19.3 Å². The summed E-state index contributed by atoms with van der Waals surface area (Å²) in [5, 5.41) is 0. The topological polar surface area (TPSA) is 78.9 Å². The molecule has 0 radical (unpaired) electrons. The molecule has 0 rings (SSSR count). The number of carbonyl (C=O) groups is 3. The van der Waals surface area contributed by atoms with E-state index in [0.717, 1.165) is 128 Å². The van der Waals surface area contributed by atoms with Crippen molar-refractivity contribution in [2.75, 3.05) is 13.2 Å². The van der Waals surface area contributed by atoms with E-state index in [0.29, 0.717) is 19.3 Å². The normalized spacial score (nSPS) is 13.1. The Bertz CT molecular complexity index is 1750. The van der Waals surface area contributed by atoms with Crippen LogP contribution in [0.1, 0.15) is 284 Å². The van der Waals surface area contributed by atoms with Crippen molar-refractivity contribution >= 4 is 17.9 Å². The van der Waals surface area contributed by atoms with Gasteiger partial charge < -0.3 is 14.2 Å². The number of carbonyl (C=O) groups excluding carboxylic acids is 3. The van der Waals surface area contributed by atoms with Crippen LogP contribution in [0.15, 0.2) is 146 Å². The Morgan fingerprint density at radius 2 is 0.512 bits per heavy atom. The highest BCUT2D eigenvalue weighted by Gasteiger charge is 2.19. The number of rotatable bonds is 58. The highest BCUT2D eigenvalue weighted by Crippen LogP contribution is 2.15. The van der Waals surface area contributed by atoms with Crippen LogP contribution in [0.4, 0.5) is 0 Å². The number of hydrogen-bond acceptors (Lipinski definition) is 6. The smallest absolute Gasteiger partial charge is 0.306 e. The van der Waals surface area contributed by atoms with Gasteiger partial charge in [-0.2, -0.15) is 0 Å². The maximum Gasteiger partial charge on any atom is 0.306 e. The lowest BCUT2D eigenvalue weighted by molar-refractivity contribution is -0.166. The van der Waals surface area contributed by atoms with Crippen LogP contribution < -0.4 is 0 Å². The van der Waals surface area contributed by atoms with Crippen LogP contribution in [0.25, 0.3) is 0 Å². The van der Waals surface area contributed by atoms with Crippen LogP contribution in [0.3, 0.4) is 0 Å². The van der Waals surface area contributed by atoms with Gasteiger partial charge in [0.2, 0.25) is 0 Å². The SMILES string of the molecule is CC/C=C\C/C=C\C/C=C\C/C=C\C/C=C\C/C=C\CCC(=O)OC(COC(=O)CCCCCCC/C=C\C/C=C\CCCCCC)COC(=O)CCCCCCCCCCCCCCCC/C=C\C/C=C\C/C=C\C/C=C\CC.